The molecule has 0 unspecified atom stereocenters. The van der Waals surface area contributed by atoms with Gasteiger partial charge in [0.05, 0.1) is 0 Å². The summed E-state index contributed by atoms with van der Waals surface area (Å²) >= 11 is 0. The Morgan fingerprint density at radius 3 is 2.11 bits per heavy atom. The van der Waals surface area contributed by atoms with Gasteiger partial charge in [0.2, 0.25) is 11.8 Å². The Bertz CT molecular complexity index is 645. The first-order valence-electron chi connectivity index (χ1n) is 10.8. The third-order valence-corrected chi connectivity index (χ3v) is 6.34. The van der Waals surface area contributed by atoms with Crippen LogP contribution in [0.5, 0.6) is 0 Å². The van der Waals surface area contributed by atoms with Crippen molar-refractivity contribution in [3.05, 3.63) is 35.9 Å². The zero-order valence-electron chi connectivity index (χ0n) is 17.6. The molecule has 5 heteroatoms. The summed E-state index contributed by atoms with van der Waals surface area (Å²) in [5.74, 6) is 0.727. The third-order valence-electron chi connectivity index (χ3n) is 6.34. The van der Waals surface area contributed by atoms with E-state index in [4.69, 9.17) is 0 Å². The summed E-state index contributed by atoms with van der Waals surface area (Å²) in [5, 5.41) is 0. The Balaban J connectivity index is 1.54. The fourth-order valence-electron chi connectivity index (χ4n) is 4.40. The van der Waals surface area contributed by atoms with E-state index >= 15 is 0 Å². The van der Waals surface area contributed by atoms with Crippen LogP contribution < -0.4 is 0 Å². The summed E-state index contributed by atoms with van der Waals surface area (Å²) in [6.45, 7) is 8.44. The average Bonchev–Trinajstić information content (AvgIpc) is 2.72. The van der Waals surface area contributed by atoms with Crippen LogP contribution in [0.4, 0.5) is 0 Å². The number of benzene rings is 1. The molecule has 5 nitrogen and oxygen atoms in total. The van der Waals surface area contributed by atoms with Crippen LogP contribution in [0.15, 0.2) is 30.3 Å². The highest BCUT2D eigenvalue weighted by molar-refractivity contribution is 5.81. The summed E-state index contributed by atoms with van der Waals surface area (Å²) < 4.78 is 0. The molecule has 1 aliphatic heterocycles. The van der Waals surface area contributed by atoms with Crippen molar-refractivity contribution in [3.8, 4) is 0 Å². The molecular formula is C23H35N3O2. The lowest BCUT2D eigenvalue weighted by molar-refractivity contribution is -0.143. The molecule has 154 valence electrons. The van der Waals surface area contributed by atoms with Crippen molar-refractivity contribution in [1.82, 2.24) is 14.7 Å². The Hall–Kier alpha value is -1.88. The van der Waals surface area contributed by atoms with E-state index in [1.54, 1.807) is 0 Å². The van der Waals surface area contributed by atoms with Crippen LogP contribution in [0.2, 0.25) is 0 Å². The van der Waals surface area contributed by atoms with E-state index in [9.17, 15) is 9.59 Å². The van der Waals surface area contributed by atoms with Gasteiger partial charge in [-0.1, -0.05) is 30.3 Å². The number of rotatable bonds is 5. The summed E-state index contributed by atoms with van der Waals surface area (Å²) in [5.41, 5.74) is 1.17. The van der Waals surface area contributed by atoms with Crippen LogP contribution in [0.25, 0.3) is 0 Å². The van der Waals surface area contributed by atoms with Crippen molar-refractivity contribution in [2.24, 2.45) is 11.8 Å². The largest absolute Gasteiger partial charge is 0.340 e. The zero-order valence-corrected chi connectivity index (χ0v) is 17.6. The van der Waals surface area contributed by atoms with Crippen molar-refractivity contribution >= 4 is 11.8 Å². The normalized spacial score (nSPS) is 23.6. The molecule has 1 aromatic rings. The van der Waals surface area contributed by atoms with Crippen molar-refractivity contribution in [1.29, 1.82) is 0 Å². The molecular weight excluding hydrogens is 350 g/mol. The minimum atomic E-state index is 0.0580. The summed E-state index contributed by atoms with van der Waals surface area (Å²) in [6.07, 6.45) is 3.36. The molecule has 0 N–H and O–H groups in total. The molecule has 0 spiro atoms. The van der Waals surface area contributed by atoms with Gasteiger partial charge in [0.25, 0.3) is 0 Å². The van der Waals surface area contributed by atoms with E-state index in [2.05, 4.69) is 37.9 Å². The van der Waals surface area contributed by atoms with Gasteiger partial charge < -0.3 is 14.7 Å². The molecule has 1 aliphatic carbocycles. The lowest BCUT2D eigenvalue weighted by Crippen LogP contribution is -2.49. The topological polar surface area (TPSA) is 43.9 Å². The van der Waals surface area contributed by atoms with Gasteiger partial charge in [0.1, 0.15) is 0 Å². The summed E-state index contributed by atoms with van der Waals surface area (Å²) in [6, 6.07) is 10.4. The number of likely N-dealkylation sites (N-methyl/N-ethyl adjacent to an activating group) is 1. The first kappa shape index (κ1) is 20.8. The lowest BCUT2D eigenvalue weighted by Gasteiger charge is -2.37. The highest BCUT2D eigenvalue weighted by Gasteiger charge is 2.35. The third kappa shape index (κ3) is 5.13. The molecule has 2 amide bonds. The van der Waals surface area contributed by atoms with Gasteiger partial charge in [-0.25, -0.2) is 0 Å². The standard InChI is InChI=1S/C23H35N3O2/c1-18(2)26(17-19-7-5-4-6-8-19)23(28)21-11-9-20(10-12-21)22(27)25-15-13-24(3)14-16-25/h4-8,18,20-21H,9-17H2,1-3H3. The molecule has 2 aliphatic rings. The second-order valence-corrected chi connectivity index (χ2v) is 8.72. The average molecular weight is 386 g/mol. The van der Waals surface area contributed by atoms with Crippen LogP contribution in [-0.2, 0) is 16.1 Å². The number of hydrogen-bond acceptors (Lipinski definition) is 3. The van der Waals surface area contributed by atoms with Gasteiger partial charge in [0.15, 0.2) is 0 Å². The first-order valence-corrected chi connectivity index (χ1v) is 10.8. The van der Waals surface area contributed by atoms with Crippen molar-refractivity contribution < 1.29 is 9.59 Å². The zero-order chi connectivity index (χ0) is 20.1. The Morgan fingerprint density at radius 2 is 1.54 bits per heavy atom. The predicted molar refractivity (Wildman–Crippen MR) is 112 cm³/mol. The molecule has 0 aromatic heterocycles. The fraction of sp³-hybridized carbons (Fsp3) is 0.652. The van der Waals surface area contributed by atoms with Crippen molar-refractivity contribution in [3.63, 3.8) is 0 Å². The number of carbonyl (C=O) groups excluding carboxylic acids is 2. The Kier molecular flexibility index (Phi) is 7.11. The summed E-state index contributed by atoms with van der Waals surface area (Å²) in [4.78, 5) is 32.3. The van der Waals surface area contributed by atoms with Crippen molar-refractivity contribution in [2.45, 2.75) is 52.1 Å². The first-order chi connectivity index (χ1) is 13.5. The van der Waals surface area contributed by atoms with Crippen LogP contribution in [0.1, 0.15) is 45.1 Å². The number of nitrogens with zero attached hydrogens (tertiary/aromatic N) is 3. The van der Waals surface area contributed by atoms with E-state index in [0.717, 1.165) is 51.9 Å². The molecule has 1 saturated carbocycles. The van der Waals surface area contributed by atoms with E-state index < -0.39 is 0 Å². The molecule has 1 aromatic carbocycles. The molecule has 1 heterocycles. The predicted octanol–water partition coefficient (Wildman–Crippen LogP) is 3.00. The fourth-order valence-corrected chi connectivity index (χ4v) is 4.40. The van der Waals surface area contributed by atoms with Gasteiger partial charge in [-0.2, -0.15) is 0 Å². The Labute approximate surface area is 169 Å². The molecule has 2 fully saturated rings. The molecule has 28 heavy (non-hydrogen) atoms. The van der Waals surface area contributed by atoms with E-state index in [0.29, 0.717) is 12.5 Å². The van der Waals surface area contributed by atoms with Gasteiger partial charge in [0, 0.05) is 50.6 Å². The van der Waals surface area contributed by atoms with Gasteiger partial charge in [-0.15, -0.1) is 0 Å². The van der Waals surface area contributed by atoms with E-state index in [-0.39, 0.29) is 23.8 Å². The van der Waals surface area contributed by atoms with Gasteiger partial charge in [-0.05, 0) is 52.1 Å². The molecule has 0 bridgehead atoms. The minimum absolute atomic E-state index is 0.0580. The summed E-state index contributed by atoms with van der Waals surface area (Å²) in [7, 11) is 2.11. The van der Waals surface area contributed by atoms with Crippen LogP contribution >= 0.6 is 0 Å². The van der Waals surface area contributed by atoms with Crippen LogP contribution in [-0.4, -0.2) is 65.8 Å². The Morgan fingerprint density at radius 1 is 0.964 bits per heavy atom. The van der Waals surface area contributed by atoms with Gasteiger partial charge in [-0.3, -0.25) is 9.59 Å². The number of hydrogen-bond donors (Lipinski definition) is 0. The van der Waals surface area contributed by atoms with Crippen molar-refractivity contribution in [2.75, 3.05) is 33.2 Å². The van der Waals surface area contributed by atoms with E-state index in [1.165, 1.54) is 5.56 Å². The quantitative estimate of drug-likeness (QED) is 0.783. The maximum absolute atomic E-state index is 13.2. The number of carbonyl (C=O) groups is 2. The monoisotopic (exact) mass is 385 g/mol. The highest BCUT2D eigenvalue weighted by atomic mass is 16.2. The maximum atomic E-state index is 13.2. The van der Waals surface area contributed by atoms with Crippen LogP contribution in [0, 0.1) is 11.8 Å². The number of amides is 2. The highest BCUT2D eigenvalue weighted by Crippen LogP contribution is 2.32. The molecule has 3 rings (SSSR count). The van der Waals surface area contributed by atoms with Crippen LogP contribution in [0.3, 0.4) is 0 Å². The lowest BCUT2D eigenvalue weighted by atomic mass is 9.80. The van der Waals surface area contributed by atoms with E-state index in [1.807, 2.05) is 28.0 Å². The minimum Gasteiger partial charge on any atom is -0.340 e. The second-order valence-electron chi connectivity index (χ2n) is 8.72. The smallest absolute Gasteiger partial charge is 0.226 e. The van der Waals surface area contributed by atoms with Gasteiger partial charge >= 0.3 is 0 Å². The molecule has 0 atom stereocenters. The number of piperazine rings is 1. The molecule has 1 saturated heterocycles. The maximum Gasteiger partial charge on any atom is 0.226 e. The molecule has 0 radical (unpaired) electrons. The SMILES string of the molecule is CC(C)N(Cc1ccccc1)C(=O)C1CCC(C(=O)N2CCN(C)CC2)CC1. The second kappa shape index (κ2) is 9.55.